The topological polar surface area (TPSA) is 70.0 Å². The first-order valence-electron chi connectivity index (χ1n) is 2.96. The predicted molar refractivity (Wildman–Crippen MR) is 39.8 cm³/mol. The van der Waals surface area contributed by atoms with Gasteiger partial charge >= 0.3 is 0 Å². The van der Waals surface area contributed by atoms with E-state index in [1.165, 1.54) is 0 Å². The van der Waals surface area contributed by atoms with Gasteiger partial charge in [0.2, 0.25) is 10.0 Å². The van der Waals surface area contributed by atoms with E-state index in [1.807, 2.05) is 0 Å². The first kappa shape index (κ1) is 9.40. The van der Waals surface area contributed by atoms with Crippen LogP contribution in [0.15, 0.2) is 0 Å². The molecule has 0 atom stereocenters. The summed E-state index contributed by atoms with van der Waals surface area (Å²) in [7, 11) is -3.17. The molecular formula is C5H12N2O2S. The number of sulfonamides is 1. The molecule has 10 heavy (non-hydrogen) atoms. The third-order valence-corrected chi connectivity index (χ3v) is 2.32. The average Bonchev–Trinajstić information content (AvgIpc) is 1.84. The highest BCUT2D eigenvalue weighted by Crippen LogP contribution is 1.86. The van der Waals surface area contributed by atoms with Crippen LogP contribution in [0.2, 0.25) is 0 Å². The van der Waals surface area contributed by atoms with Crippen molar-refractivity contribution >= 4 is 10.0 Å². The number of nitriles is 1. The first-order chi connectivity index (χ1) is 4.62. The molecule has 0 spiro atoms. The van der Waals surface area contributed by atoms with Crippen molar-refractivity contribution in [3.63, 3.8) is 0 Å². The average molecular weight is 164 g/mol. The summed E-state index contributed by atoms with van der Waals surface area (Å²) in [6.07, 6.45) is 0.0509. The SMILES string of the molecule is CCNS(=O)(=O)CCC#N.[HH]. The van der Waals surface area contributed by atoms with E-state index in [0.29, 0.717) is 6.54 Å². The molecule has 4 nitrogen and oxygen atoms in total. The Bertz CT molecular complexity index is 219. The predicted octanol–water partition coefficient (Wildman–Crippen LogP) is 0.0854. The zero-order chi connectivity index (χ0) is 8.04. The molecule has 0 aromatic rings. The molecule has 0 aromatic heterocycles. The van der Waals surface area contributed by atoms with Crippen molar-refractivity contribution in [2.45, 2.75) is 13.3 Å². The first-order valence-corrected chi connectivity index (χ1v) is 4.62. The molecular weight excluding hydrogens is 152 g/mol. The van der Waals surface area contributed by atoms with Gasteiger partial charge in [0.1, 0.15) is 0 Å². The molecule has 0 saturated carbocycles. The molecule has 0 saturated heterocycles. The van der Waals surface area contributed by atoms with E-state index >= 15 is 0 Å². The second-order valence-corrected chi connectivity index (χ2v) is 3.65. The van der Waals surface area contributed by atoms with Crippen LogP contribution in [0.3, 0.4) is 0 Å². The minimum atomic E-state index is -3.17. The molecule has 0 unspecified atom stereocenters. The highest BCUT2D eigenvalue weighted by Gasteiger charge is 2.05. The zero-order valence-corrected chi connectivity index (χ0v) is 6.61. The fourth-order valence-corrected chi connectivity index (χ4v) is 1.42. The number of nitrogens with zero attached hydrogens (tertiary/aromatic N) is 1. The quantitative estimate of drug-likeness (QED) is 0.640. The van der Waals surface area contributed by atoms with Crippen LogP contribution in [-0.2, 0) is 10.0 Å². The van der Waals surface area contributed by atoms with Gasteiger partial charge in [0.15, 0.2) is 0 Å². The van der Waals surface area contributed by atoms with Crippen LogP contribution in [0.5, 0.6) is 0 Å². The summed E-state index contributed by atoms with van der Waals surface area (Å²) in [6.45, 7) is 2.08. The van der Waals surface area contributed by atoms with Gasteiger partial charge in [-0.2, -0.15) is 5.26 Å². The van der Waals surface area contributed by atoms with Crippen molar-refractivity contribution in [3.8, 4) is 6.07 Å². The van der Waals surface area contributed by atoms with Gasteiger partial charge in [-0.3, -0.25) is 0 Å². The van der Waals surface area contributed by atoms with Gasteiger partial charge in [0, 0.05) is 7.97 Å². The summed E-state index contributed by atoms with van der Waals surface area (Å²) in [5.41, 5.74) is 0. The maximum absolute atomic E-state index is 10.7. The summed E-state index contributed by atoms with van der Waals surface area (Å²) < 4.78 is 23.7. The van der Waals surface area contributed by atoms with Gasteiger partial charge < -0.3 is 0 Å². The van der Waals surface area contributed by atoms with Crippen LogP contribution in [0.25, 0.3) is 0 Å². The summed E-state index contributed by atoms with van der Waals surface area (Å²) in [5, 5.41) is 8.06. The Hall–Kier alpha value is -0.600. The Morgan fingerprint density at radius 2 is 2.30 bits per heavy atom. The second-order valence-electron chi connectivity index (χ2n) is 1.72. The van der Waals surface area contributed by atoms with E-state index in [2.05, 4.69) is 4.72 Å². The van der Waals surface area contributed by atoms with E-state index in [4.69, 9.17) is 5.26 Å². The van der Waals surface area contributed by atoms with E-state index < -0.39 is 10.0 Å². The van der Waals surface area contributed by atoms with E-state index in [9.17, 15) is 8.42 Å². The molecule has 0 aliphatic heterocycles. The lowest BCUT2D eigenvalue weighted by molar-refractivity contribution is 0.584. The van der Waals surface area contributed by atoms with Crippen molar-refractivity contribution in [2.24, 2.45) is 0 Å². The Labute approximate surface area is 62.4 Å². The van der Waals surface area contributed by atoms with Crippen LogP contribution in [0.1, 0.15) is 14.8 Å². The zero-order valence-electron chi connectivity index (χ0n) is 5.79. The second kappa shape index (κ2) is 4.25. The molecule has 0 fully saturated rings. The number of hydrogen-bond acceptors (Lipinski definition) is 3. The number of hydrogen-bond donors (Lipinski definition) is 1. The fourth-order valence-electron chi connectivity index (χ4n) is 0.472. The van der Waals surface area contributed by atoms with Crippen LogP contribution in [-0.4, -0.2) is 20.7 Å². The lowest BCUT2D eigenvalue weighted by Crippen LogP contribution is -2.25. The Morgan fingerprint density at radius 3 is 2.70 bits per heavy atom. The molecule has 0 heterocycles. The maximum atomic E-state index is 10.7. The van der Waals surface area contributed by atoms with Gasteiger partial charge in [-0.1, -0.05) is 6.92 Å². The third kappa shape index (κ3) is 4.30. The monoisotopic (exact) mass is 164 g/mol. The summed E-state index contributed by atoms with van der Waals surface area (Å²) >= 11 is 0. The molecule has 60 valence electrons. The van der Waals surface area contributed by atoms with Crippen molar-refractivity contribution in [3.05, 3.63) is 0 Å². The summed E-state index contributed by atoms with van der Waals surface area (Å²) in [5.74, 6) is -0.0999. The van der Waals surface area contributed by atoms with E-state index in [0.717, 1.165) is 0 Å². The highest BCUT2D eigenvalue weighted by molar-refractivity contribution is 7.89. The molecule has 0 aliphatic rings. The Kier molecular flexibility index (Phi) is 4.00. The van der Waals surface area contributed by atoms with Crippen LogP contribution < -0.4 is 4.72 Å². The standard InChI is InChI=1S/C5H10N2O2S.H2/c1-2-7-10(8,9)5-3-4-6;/h7H,2-3,5H2,1H3;1H. The molecule has 5 heteroatoms. The lowest BCUT2D eigenvalue weighted by Gasteiger charge is -1.98. The van der Waals surface area contributed by atoms with Crippen LogP contribution in [0, 0.1) is 11.3 Å². The summed E-state index contributed by atoms with van der Waals surface area (Å²) in [4.78, 5) is 0. The van der Waals surface area contributed by atoms with Gasteiger partial charge in [-0.25, -0.2) is 13.1 Å². The highest BCUT2D eigenvalue weighted by atomic mass is 32.2. The van der Waals surface area contributed by atoms with Gasteiger partial charge in [-0.05, 0) is 0 Å². The maximum Gasteiger partial charge on any atom is 0.212 e. The number of rotatable bonds is 4. The normalized spacial score (nSPS) is 10.8. The largest absolute Gasteiger partial charge is 0.215 e. The third-order valence-electron chi connectivity index (χ3n) is 0.847. The number of nitrogens with one attached hydrogen (secondary N) is 1. The molecule has 0 radical (unpaired) electrons. The smallest absolute Gasteiger partial charge is 0.212 e. The minimum absolute atomic E-state index is 0. The van der Waals surface area contributed by atoms with Crippen molar-refractivity contribution in [1.29, 1.82) is 5.26 Å². The molecule has 0 aromatic carbocycles. The van der Waals surface area contributed by atoms with E-state index in [1.54, 1.807) is 13.0 Å². The van der Waals surface area contributed by atoms with E-state index in [-0.39, 0.29) is 13.6 Å². The van der Waals surface area contributed by atoms with Crippen molar-refractivity contribution < 1.29 is 9.84 Å². The Morgan fingerprint density at radius 1 is 1.70 bits per heavy atom. The van der Waals surface area contributed by atoms with Crippen molar-refractivity contribution in [1.82, 2.24) is 4.72 Å². The van der Waals surface area contributed by atoms with Gasteiger partial charge in [0.25, 0.3) is 0 Å². The van der Waals surface area contributed by atoms with Crippen LogP contribution in [0.4, 0.5) is 0 Å². The Balaban J connectivity index is 0. The summed E-state index contributed by atoms with van der Waals surface area (Å²) in [6, 6.07) is 1.76. The lowest BCUT2D eigenvalue weighted by atomic mass is 10.6. The minimum Gasteiger partial charge on any atom is -0.215 e. The molecule has 0 amide bonds. The molecule has 0 bridgehead atoms. The van der Waals surface area contributed by atoms with Crippen molar-refractivity contribution in [2.75, 3.05) is 12.3 Å². The van der Waals surface area contributed by atoms with Gasteiger partial charge in [0.05, 0.1) is 18.2 Å². The fraction of sp³-hybridized carbons (Fsp3) is 0.800. The molecule has 1 N–H and O–H groups in total. The molecule has 0 rings (SSSR count). The van der Waals surface area contributed by atoms with Gasteiger partial charge in [-0.15, -0.1) is 0 Å². The molecule has 0 aliphatic carbocycles. The van der Waals surface area contributed by atoms with Crippen LogP contribution >= 0.6 is 0 Å².